The second kappa shape index (κ2) is 5.77. The molecule has 6 heteroatoms. The van der Waals surface area contributed by atoms with Crippen molar-refractivity contribution >= 4 is 33.3 Å². The molecular formula is C15H23N5S. The summed E-state index contributed by atoms with van der Waals surface area (Å²) in [7, 11) is 0. The van der Waals surface area contributed by atoms with Crippen LogP contribution in [-0.4, -0.2) is 16.5 Å². The second-order valence-electron chi connectivity index (χ2n) is 6.03. The van der Waals surface area contributed by atoms with Crippen molar-refractivity contribution in [1.82, 2.24) is 9.97 Å². The third-order valence-electron chi connectivity index (χ3n) is 4.69. The maximum absolute atomic E-state index is 5.49. The molecule has 3 rings (SSSR count). The van der Waals surface area contributed by atoms with Crippen LogP contribution < -0.4 is 16.6 Å². The number of anilines is 2. The molecule has 0 atom stereocenters. The Kier molecular flexibility index (Phi) is 3.99. The summed E-state index contributed by atoms with van der Waals surface area (Å²) in [6, 6.07) is 2.15. The van der Waals surface area contributed by atoms with E-state index in [0.29, 0.717) is 11.4 Å². The minimum absolute atomic E-state index is 0.429. The summed E-state index contributed by atoms with van der Waals surface area (Å²) >= 11 is 1.67. The van der Waals surface area contributed by atoms with Gasteiger partial charge in [0, 0.05) is 11.4 Å². The van der Waals surface area contributed by atoms with Crippen molar-refractivity contribution in [3.05, 3.63) is 10.9 Å². The van der Waals surface area contributed by atoms with E-state index in [1.807, 2.05) is 0 Å². The van der Waals surface area contributed by atoms with Crippen LogP contribution in [0.2, 0.25) is 0 Å². The zero-order chi connectivity index (χ0) is 14.9. The van der Waals surface area contributed by atoms with Gasteiger partial charge in [-0.25, -0.2) is 10.8 Å². The Labute approximate surface area is 129 Å². The van der Waals surface area contributed by atoms with E-state index < -0.39 is 0 Å². The number of nitrogens with two attached hydrogens (primary N) is 1. The summed E-state index contributed by atoms with van der Waals surface area (Å²) in [4.78, 5) is 11.2. The SMILES string of the molecule is CCC1(CNc2nc(NN)nc3sc(C)cc23)CCCC1. The number of hydrogen-bond acceptors (Lipinski definition) is 6. The molecule has 0 saturated heterocycles. The number of aromatic nitrogens is 2. The standard InChI is InChI=1S/C15H23N5S/c1-3-15(6-4-5-7-15)9-17-12-11-8-10(2)21-13(11)19-14(18-12)20-16/h8H,3-7,9,16H2,1-2H3,(H2,17,18,19,20). The van der Waals surface area contributed by atoms with Gasteiger partial charge >= 0.3 is 0 Å². The van der Waals surface area contributed by atoms with Gasteiger partial charge in [0.05, 0.1) is 5.39 Å². The van der Waals surface area contributed by atoms with E-state index in [9.17, 15) is 0 Å². The van der Waals surface area contributed by atoms with Crippen molar-refractivity contribution < 1.29 is 0 Å². The van der Waals surface area contributed by atoms with Crippen LogP contribution in [-0.2, 0) is 0 Å². The molecule has 0 aliphatic heterocycles. The number of fused-ring (bicyclic) bond motifs is 1. The van der Waals surface area contributed by atoms with Crippen LogP contribution in [0.3, 0.4) is 0 Å². The van der Waals surface area contributed by atoms with Crippen LogP contribution in [0.1, 0.15) is 43.9 Å². The van der Waals surface area contributed by atoms with Crippen LogP contribution in [0.4, 0.5) is 11.8 Å². The minimum atomic E-state index is 0.429. The number of aryl methyl sites for hydroxylation is 1. The molecule has 0 unspecified atom stereocenters. The fourth-order valence-electron chi connectivity index (χ4n) is 3.29. The molecule has 1 aliphatic carbocycles. The average molecular weight is 305 g/mol. The van der Waals surface area contributed by atoms with Crippen molar-refractivity contribution in [3.8, 4) is 0 Å². The number of nitrogens with one attached hydrogen (secondary N) is 2. The highest BCUT2D eigenvalue weighted by Crippen LogP contribution is 2.41. The predicted molar refractivity (Wildman–Crippen MR) is 89.6 cm³/mol. The molecule has 21 heavy (non-hydrogen) atoms. The number of nitrogens with zero attached hydrogens (tertiary/aromatic N) is 2. The van der Waals surface area contributed by atoms with Gasteiger partial charge in [-0.05, 0) is 37.7 Å². The highest BCUT2D eigenvalue weighted by Gasteiger charge is 2.32. The Morgan fingerprint density at radius 3 is 2.76 bits per heavy atom. The van der Waals surface area contributed by atoms with E-state index in [1.165, 1.54) is 37.0 Å². The fraction of sp³-hybridized carbons (Fsp3) is 0.600. The Hall–Kier alpha value is -1.40. The Bertz CT molecular complexity index is 630. The third-order valence-corrected chi connectivity index (χ3v) is 5.63. The molecule has 114 valence electrons. The zero-order valence-electron chi connectivity index (χ0n) is 12.7. The molecule has 2 aromatic rings. The van der Waals surface area contributed by atoms with Crippen molar-refractivity contribution in [2.75, 3.05) is 17.3 Å². The lowest BCUT2D eigenvalue weighted by molar-refractivity contribution is 0.306. The first kappa shape index (κ1) is 14.5. The molecule has 0 radical (unpaired) electrons. The van der Waals surface area contributed by atoms with Gasteiger partial charge in [-0.2, -0.15) is 4.98 Å². The van der Waals surface area contributed by atoms with E-state index in [2.05, 4.69) is 40.6 Å². The zero-order valence-corrected chi connectivity index (χ0v) is 13.5. The normalized spacial score (nSPS) is 17.3. The molecule has 1 saturated carbocycles. The molecule has 1 aliphatic rings. The average Bonchev–Trinajstić information content (AvgIpc) is 3.10. The van der Waals surface area contributed by atoms with Crippen LogP contribution in [0.15, 0.2) is 6.07 Å². The summed E-state index contributed by atoms with van der Waals surface area (Å²) in [5.41, 5.74) is 2.99. The molecule has 0 bridgehead atoms. The van der Waals surface area contributed by atoms with E-state index in [0.717, 1.165) is 22.6 Å². The van der Waals surface area contributed by atoms with Gasteiger partial charge in [-0.1, -0.05) is 19.8 Å². The minimum Gasteiger partial charge on any atom is -0.369 e. The Morgan fingerprint density at radius 1 is 1.33 bits per heavy atom. The number of thiophene rings is 1. The molecule has 0 aromatic carbocycles. The summed E-state index contributed by atoms with van der Waals surface area (Å²) in [5.74, 6) is 6.86. The van der Waals surface area contributed by atoms with Gasteiger partial charge < -0.3 is 5.32 Å². The van der Waals surface area contributed by atoms with Gasteiger partial charge in [0.15, 0.2) is 0 Å². The smallest absolute Gasteiger partial charge is 0.240 e. The molecule has 0 amide bonds. The molecule has 4 N–H and O–H groups in total. The van der Waals surface area contributed by atoms with Gasteiger partial charge in [-0.3, -0.25) is 5.43 Å². The highest BCUT2D eigenvalue weighted by molar-refractivity contribution is 7.18. The molecule has 2 heterocycles. The monoisotopic (exact) mass is 305 g/mol. The van der Waals surface area contributed by atoms with Gasteiger partial charge in [0.1, 0.15) is 10.6 Å². The second-order valence-corrected chi connectivity index (χ2v) is 7.27. The molecular weight excluding hydrogens is 282 g/mol. The highest BCUT2D eigenvalue weighted by atomic mass is 32.1. The number of hydrazine groups is 1. The van der Waals surface area contributed by atoms with E-state index in [4.69, 9.17) is 5.84 Å². The van der Waals surface area contributed by atoms with E-state index >= 15 is 0 Å². The van der Waals surface area contributed by atoms with Crippen LogP contribution in [0.25, 0.3) is 10.2 Å². The van der Waals surface area contributed by atoms with Gasteiger partial charge in [0.2, 0.25) is 5.95 Å². The van der Waals surface area contributed by atoms with E-state index in [-0.39, 0.29) is 0 Å². The first-order chi connectivity index (χ1) is 10.2. The molecule has 2 aromatic heterocycles. The van der Waals surface area contributed by atoms with Crippen molar-refractivity contribution in [3.63, 3.8) is 0 Å². The molecule has 0 spiro atoms. The summed E-state index contributed by atoms with van der Waals surface area (Å²) in [6.45, 7) is 5.37. The molecule has 5 nitrogen and oxygen atoms in total. The largest absolute Gasteiger partial charge is 0.369 e. The number of rotatable bonds is 5. The number of hydrogen-bond donors (Lipinski definition) is 3. The number of nitrogen functional groups attached to an aromatic ring is 1. The van der Waals surface area contributed by atoms with Crippen LogP contribution in [0, 0.1) is 12.3 Å². The van der Waals surface area contributed by atoms with Gasteiger partial charge in [-0.15, -0.1) is 11.3 Å². The Balaban J connectivity index is 1.88. The molecule has 1 fully saturated rings. The van der Waals surface area contributed by atoms with Crippen molar-refractivity contribution in [2.45, 2.75) is 46.0 Å². The van der Waals surface area contributed by atoms with Crippen molar-refractivity contribution in [2.24, 2.45) is 11.3 Å². The lowest BCUT2D eigenvalue weighted by Crippen LogP contribution is -2.26. The van der Waals surface area contributed by atoms with Crippen LogP contribution in [0.5, 0.6) is 0 Å². The maximum atomic E-state index is 5.49. The summed E-state index contributed by atoms with van der Waals surface area (Å²) < 4.78 is 0. The lowest BCUT2D eigenvalue weighted by Gasteiger charge is -2.28. The quantitative estimate of drug-likeness (QED) is 0.580. The maximum Gasteiger partial charge on any atom is 0.240 e. The topological polar surface area (TPSA) is 75.9 Å². The first-order valence-electron chi connectivity index (χ1n) is 7.64. The third kappa shape index (κ3) is 2.82. The van der Waals surface area contributed by atoms with Gasteiger partial charge in [0.25, 0.3) is 0 Å². The van der Waals surface area contributed by atoms with E-state index in [1.54, 1.807) is 11.3 Å². The Morgan fingerprint density at radius 2 is 2.10 bits per heavy atom. The predicted octanol–water partition coefficient (Wildman–Crippen LogP) is 3.67. The lowest BCUT2D eigenvalue weighted by atomic mass is 9.83. The summed E-state index contributed by atoms with van der Waals surface area (Å²) in [5, 5.41) is 4.67. The summed E-state index contributed by atoms with van der Waals surface area (Å²) in [6.07, 6.45) is 6.55. The van der Waals surface area contributed by atoms with Crippen molar-refractivity contribution in [1.29, 1.82) is 0 Å². The fourth-order valence-corrected chi connectivity index (χ4v) is 4.17. The first-order valence-corrected chi connectivity index (χ1v) is 8.46. The van der Waals surface area contributed by atoms with Crippen LogP contribution >= 0.6 is 11.3 Å².